The van der Waals surface area contributed by atoms with Crippen LogP contribution in [0.1, 0.15) is 27.2 Å². The summed E-state index contributed by atoms with van der Waals surface area (Å²) in [7, 11) is 1.89. The van der Waals surface area contributed by atoms with Crippen molar-refractivity contribution in [3.63, 3.8) is 0 Å². The van der Waals surface area contributed by atoms with Gasteiger partial charge in [-0.2, -0.15) is 10.2 Å². The summed E-state index contributed by atoms with van der Waals surface area (Å²) in [5, 5.41) is 8.57. The van der Waals surface area contributed by atoms with Crippen molar-refractivity contribution in [2.45, 2.75) is 32.8 Å². The highest BCUT2D eigenvalue weighted by molar-refractivity contribution is 5.54. The largest absolute Gasteiger partial charge is 0.470 e. The standard InChI is InChI=1S/C13H20N4O/c1-13(2,3)18-12-10(15)6-7-11(16-12)17(4)9-5-8-14/h6-7H,5,9,15H2,1-4H3. The zero-order chi connectivity index (χ0) is 13.8. The summed E-state index contributed by atoms with van der Waals surface area (Å²) in [5.41, 5.74) is 6.01. The molecule has 0 saturated carbocycles. The Morgan fingerprint density at radius 1 is 1.44 bits per heavy atom. The van der Waals surface area contributed by atoms with Crippen molar-refractivity contribution in [2.24, 2.45) is 0 Å². The fourth-order valence-electron chi connectivity index (χ4n) is 1.36. The lowest BCUT2D eigenvalue weighted by molar-refractivity contribution is 0.125. The summed E-state index contributed by atoms with van der Waals surface area (Å²) in [5.74, 6) is 1.18. The van der Waals surface area contributed by atoms with E-state index in [-0.39, 0.29) is 5.60 Å². The van der Waals surface area contributed by atoms with Gasteiger partial charge >= 0.3 is 0 Å². The van der Waals surface area contributed by atoms with Crippen LogP contribution in [0.25, 0.3) is 0 Å². The minimum absolute atomic E-state index is 0.342. The van der Waals surface area contributed by atoms with Crippen molar-refractivity contribution in [3.8, 4) is 11.9 Å². The topological polar surface area (TPSA) is 75.2 Å². The van der Waals surface area contributed by atoms with Crippen LogP contribution in [-0.2, 0) is 0 Å². The molecule has 18 heavy (non-hydrogen) atoms. The Morgan fingerprint density at radius 3 is 2.67 bits per heavy atom. The van der Waals surface area contributed by atoms with Gasteiger partial charge in [0.05, 0.1) is 18.2 Å². The van der Waals surface area contributed by atoms with Crippen molar-refractivity contribution in [1.29, 1.82) is 5.26 Å². The Bertz CT molecular complexity index is 445. The molecule has 0 atom stereocenters. The molecule has 0 unspecified atom stereocenters. The summed E-state index contributed by atoms with van der Waals surface area (Å²) in [4.78, 5) is 6.28. The van der Waals surface area contributed by atoms with E-state index in [1.54, 1.807) is 6.07 Å². The summed E-state index contributed by atoms with van der Waals surface area (Å²) < 4.78 is 5.70. The van der Waals surface area contributed by atoms with E-state index in [1.165, 1.54) is 0 Å². The molecule has 0 bridgehead atoms. The zero-order valence-corrected chi connectivity index (χ0v) is 11.4. The maximum absolute atomic E-state index is 8.57. The van der Waals surface area contributed by atoms with Crippen LogP contribution in [0.3, 0.4) is 0 Å². The number of nitrogens with two attached hydrogens (primary N) is 1. The van der Waals surface area contributed by atoms with Crippen LogP contribution in [0.2, 0.25) is 0 Å². The maximum Gasteiger partial charge on any atom is 0.239 e. The highest BCUT2D eigenvalue weighted by atomic mass is 16.5. The van der Waals surface area contributed by atoms with Crippen LogP contribution in [0.5, 0.6) is 5.88 Å². The van der Waals surface area contributed by atoms with Gasteiger partial charge in [-0.15, -0.1) is 0 Å². The fourth-order valence-corrected chi connectivity index (χ4v) is 1.36. The van der Waals surface area contributed by atoms with Gasteiger partial charge in [-0.25, -0.2) is 0 Å². The highest BCUT2D eigenvalue weighted by Gasteiger charge is 2.16. The summed E-state index contributed by atoms with van der Waals surface area (Å²) in [6, 6.07) is 5.70. The average Bonchev–Trinajstić information content (AvgIpc) is 2.27. The molecule has 0 aliphatic heterocycles. The van der Waals surface area contributed by atoms with Crippen molar-refractivity contribution >= 4 is 11.5 Å². The van der Waals surface area contributed by atoms with E-state index < -0.39 is 0 Å². The number of aromatic nitrogens is 1. The molecule has 2 N–H and O–H groups in total. The normalized spacial score (nSPS) is 10.8. The minimum Gasteiger partial charge on any atom is -0.470 e. The fraction of sp³-hybridized carbons (Fsp3) is 0.538. The number of hydrogen-bond acceptors (Lipinski definition) is 5. The van der Waals surface area contributed by atoms with Gasteiger partial charge in [0.2, 0.25) is 5.88 Å². The molecule has 0 aliphatic carbocycles. The Hall–Kier alpha value is -1.96. The molecule has 0 fully saturated rings. The first-order chi connectivity index (χ1) is 8.33. The summed E-state index contributed by atoms with van der Waals surface area (Å²) in [6.45, 7) is 6.46. The Kier molecular flexibility index (Phi) is 4.38. The second kappa shape index (κ2) is 5.58. The number of anilines is 2. The van der Waals surface area contributed by atoms with E-state index in [9.17, 15) is 0 Å². The SMILES string of the molecule is CN(CCC#N)c1ccc(N)c(OC(C)(C)C)n1. The van der Waals surface area contributed by atoms with Gasteiger partial charge in [0, 0.05) is 13.6 Å². The number of rotatable bonds is 4. The van der Waals surface area contributed by atoms with Crippen LogP contribution < -0.4 is 15.4 Å². The van der Waals surface area contributed by atoms with Crippen LogP contribution >= 0.6 is 0 Å². The summed E-state index contributed by atoms with van der Waals surface area (Å²) in [6.07, 6.45) is 0.456. The van der Waals surface area contributed by atoms with E-state index in [0.29, 0.717) is 24.5 Å². The molecule has 0 aromatic carbocycles. The number of ether oxygens (including phenoxy) is 1. The number of hydrogen-bond donors (Lipinski definition) is 1. The molecule has 0 aliphatic rings. The molecule has 1 aromatic rings. The molecule has 0 spiro atoms. The van der Waals surface area contributed by atoms with E-state index in [0.717, 1.165) is 5.82 Å². The third-order valence-electron chi connectivity index (χ3n) is 2.23. The van der Waals surface area contributed by atoms with Crippen molar-refractivity contribution in [1.82, 2.24) is 4.98 Å². The van der Waals surface area contributed by atoms with Crippen LogP contribution in [0, 0.1) is 11.3 Å². The van der Waals surface area contributed by atoms with E-state index in [2.05, 4.69) is 11.1 Å². The molecule has 1 heterocycles. The third-order valence-corrected chi connectivity index (χ3v) is 2.23. The Balaban J connectivity index is 2.90. The van der Waals surface area contributed by atoms with Gasteiger partial charge < -0.3 is 15.4 Å². The van der Waals surface area contributed by atoms with Gasteiger partial charge in [-0.3, -0.25) is 0 Å². The van der Waals surface area contributed by atoms with Gasteiger partial charge in [0.25, 0.3) is 0 Å². The first-order valence-electron chi connectivity index (χ1n) is 5.87. The van der Waals surface area contributed by atoms with Gasteiger partial charge in [-0.05, 0) is 32.9 Å². The first-order valence-corrected chi connectivity index (χ1v) is 5.87. The number of pyridine rings is 1. The van der Waals surface area contributed by atoms with E-state index >= 15 is 0 Å². The molecular formula is C13H20N4O. The minimum atomic E-state index is -0.342. The number of nitriles is 1. The molecule has 5 nitrogen and oxygen atoms in total. The molecule has 0 amide bonds. The number of nitrogens with zero attached hydrogens (tertiary/aromatic N) is 3. The Labute approximate surface area is 108 Å². The molecule has 1 aromatic heterocycles. The Morgan fingerprint density at radius 2 is 2.11 bits per heavy atom. The maximum atomic E-state index is 8.57. The lowest BCUT2D eigenvalue weighted by Gasteiger charge is -2.23. The monoisotopic (exact) mass is 248 g/mol. The third kappa shape index (κ3) is 4.13. The molecule has 0 radical (unpaired) electrons. The van der Waals surface area contributed by atoms with Gasteiger partial charge in [0.15, 0.2) is 0 Å². The van der Waals surface area contributed by atoms with Crippen LogP contribution in [0.15, 0.2) is 12.1 Å². The van der Waals surface area contributed by atoms with Crippen LogP contribution in [-0.4, -0.2) is 24.2 Å². The average molecular weight is 248 g/mol. The highest BCUT2D eigenvalue weighted by Crippen LogP contribution is 2.26. The van der Waals surface area contributed by atoms with Gasteiger partial charge in [0.1, 0.15) is 11.4 Å². The molecule has 0 saturated heterocycles. The van der Waals surface area contributed by atoms with Crippen LogP contribution in [0.4, 0.5) is 11.5 Å². The van der Waals surface area contributed by atoms with Crippen molar-refractivity contribution in [2.75, 3.05) is 24.2 Å². The second-order valence-corrected chi connectivity index (χ2v) is 5.11. The predicted octanol–water partition coefficient (Wildman–Crippen LogP) is 2.19. The smallest absolute Gasteiger partial charge is 0.239 e. The quantitative estimate of drug-likeness (QED) is 0.884. The molecule has 1 rings (SSSR count). The lowest BCUT2D eigenvalue weighted by Crippen LogP contribution is -2.25. The zero-order valence-electron chi connectivity index (χ0n) is 11.4. The number of nitrogen functional groups attached to an aromatic ring is 1. The van der Waals surface area contributed by atoms with Crippen molar-refractivity contribution in [3.05, 3.63) is 12.1 Å². The lowest BCUT2D eigenvalue weighted by atomic mass is 10.2. The summed E-state index contributed by atoms with van der Waals surface area (Å²) >= 11 is 0. The molecular weight excluding hydrogens is 228 g/mol. The first kappa shape index (κ1) is 14.1. The predicted molar refractivity (Wildman–Crippen MR) is 72.5 cm³/mol. The van der Waals surface area contributed by atoms with E-state index in [4.69, 9.17) is 15.7 Å². The molecule has 98 valence electrons. The molecule has 5 heteroatoms. The van der Waals surface area contributed by atoms with Gasteiger partial charge in [-0.1, -0.05) is 0 Å². The van der Waals surface area contributed by atoms with Crippen molar-refractivity contribution < 1.29 is 4.74 Å². The second-order valence-electron chi connectivity index (χ2n) is 5.11. The van der Waals surface area contributed by atoms with E-state index in [1.807, 2.05) is 38.8 Å².